The van der Waals surface area contributed by atoms with Crippen molar-refractivity contribution in [2.24, 2.45) is 0 Å². The average Bonchev–Trinajstić information content (AvgIpc) is 2.81. The fraction of sp³-hybridized carbons (Fsp3) is 1.00. The molecule has 0 aromatic carbocycles. The number of nitrogens with one attached hydrogen (secondary N) is 1. The summed E-state index contributed by atoms with van der Waals surface area (Å²) in [5, 5.41) is 3.46. The summed E-state index contributed by atoms with van der Waals surface area (Å²) in [6.45, 7) is 7.69. The van der Waals surface area contributed by atoms with Gasteiger partial charge in [0.25, 0.3) is 0 Å². The third-order valence-corrected chi connectivity index (χ3v) is 3.49. The van der Waals surface area contributed by atoms with E-state index in [4.69, 9.17) is 14.2 Å². The molecule has 0 spiro atoms. The van der Waals surface area contributed by atoms with Crippen molar-refractivity contribution in [3.8, 4) is 0 Å². The molecule has 0 bridgehead atoms. The van der Waals surface area contributed by atoms with Crippen LogP contribution in [0.3, 0.4) is 0 Å². The molecule has 100 valence electrons. The predicted molar refractivity (Wildman–Crippen MR) is 66.2 cm³/mol. The molecule has 2 fully saturated rings. The van der Waals surface area contributed by atoms with Gasteiger partial charge in [-0.3, -0.25) is 0 Å². The minimum atomic E-state index is 0.232. The van der Waals surface area contributed by atoms with Crippen molar-refractivity contribution in [2.75, 3.05) is 26.4 Å². The average molecular weight is 243 g/mol. The molecule has 0 amide bonds. The highest BCUT2D eigenvalue weighted by Gasteiger charge is 2.43. The fourth-order valence-corrected chi connectivity index (χ4v) is 2.52. The van der Waals surface area contributed by atoms with E-state index in [1.165, 1.54) is 0 Å². The molecular weight excluding hydrogens is 218 g/mol. The number of likely N-dealkylation sites (N-methyl/N-ethyl adjacent to an activating group) is 1. The van der Waals surface area contributed by atoms with Crippen molar-refractivity contribution < 1.29 is 14.2 Å². The van der Waals surface area contributed by atoms with Crippen LogP contribution in [0.4, 0.5) is 0 Å². The Morgan fingerprint density at radius 2 is 2.24 bits per heavy atom. The second kappa shape index (κ2) is 6.69. The molecule has 17 heavy (non-hydrogen) atoms. The predicted octanol–water partition coefficient (Wildman–Crippen LogP) is 1.34. The van der Waals surface area contributed by atoms with Crippen molar-refractivity contribution in [1.29, 1.82) is 0 Å². The van der Waals surface area contributed by atoms with Crippen LogP contribution >= 0.6 is 0 Å². The molecule has 0 aromatic rings. The van der Waals surface area contributed by atoms with Gasteiger partial charge in [-0.2, -0.15) is 0 Å². The summed E-state index contributed by atoms with van der Waals surface area (Å²) < 4.78 is 17.3. The van der Waals surface area contributed by atoms with E-state index in [0.717, 1.165) is 45.6 Å². The van der Waals surface area contributed by atoms with Gasteiger partial charge in [0.05, 0.1) is 24.9 Å². The molecule has 1 heterocycles. The Bertz CT molecular complexity index is 219. The molecule has 4 nitrogen and oxygen atoms in total. The van der Waals surface area contributed by atoms with Crippen LogP contribution in [0, 0.1) is 0 Å². The van der Waals surface area contributed by atoms with Crippen LogP contribution in [-0.2, 0) is 14.2 Å². The van der Waals surface area contributed by atoms with E-state index in [-0.39, 0.29) is 18.3 Å². The molecule has 0 radical (unpaired) electrons. The number of ether oxygens (including phenoxy) is 3. The van der Waals surface area contributed by atoms with Gasteiger partial charge in [-0.05, 0) is 25.8 Å². The van der Waals surface area contributed by atoms with E-state index in [1.807, 2.05) is 0 Å². The van der Waals surface area contributed by atoms with Crippen molar-refractivity contribution in [1.82, 2.24) is 5.32 Å². The van der Waals surface area contributed by atoms with Crippen LogP contribution in [-0.4, -0.2) is 50.7 Å². The van der Waals surface area contributed by atoms with Crippen molar-refractivity contribution >= 4 is 0 Å². The normalized spacial score (nSPS) is 37.1. The van der Waals surface area contributed by atoms with E-state index in [1.54, 1.807) is 0 Å². The molecular formula is C13H25NO3. The first-order valence-corrected chi connectivity index (χ1v) is 6.93. The third kappa shape index (κ3) is 3.41. The van der Waals surface area contributed by atoms with E-state index < -0.39 is 0 Å². The van der Waals surface area contributed by atoms with E-state index in [2.05, 4.69) is 19.2 Å². The summed E-state index contributed by atoms with van der Waals surface area (Å²) in [7, 11) is 0. The molecule has 2 rings (SSSR count). The maximum atomic E-state index is 6.04. The second-order valence-corrected chi connectivity index (χ2v) is 4.90. The second-order valence-electron chi connectivity index (χ2n) is 4.90. The smallest absolute Gasteiger partial charge is 0.0990 e. The largest absolute Gasteiger partial charge is 0.379 e. The Hall–Kier alpha value is -0.160. The Morgan fingerprint density at radius 1 is 1.35 bits per heavy atom. The summed E-state index contributed by atoms with van der Waals surface area (Å²) >= 11 is 0. The van der Waals surface area contributed by atoms with E-state index >= 15 is 0 Å². The summed E-state index contributed by atoms with van der Waals surface area (Å²) in [5.74, 6) is 0. The molecule has 4 unspecified atom stereocenters. The lowest BCUT2D eigenvalue weighted by Crippen LogP contribution is -2.60. The van der Waals surface area contributed by atoms with E-state index in [0.29, 0.717) is 6.04 Å². The first-order chi connectivity index (χ1) is 8.35. The van der Waals surface area contributed by atoms with Gasteiger partial charge in [0, 0.05) is 19.3 Å². The lowest BCUT2D eigenvalue weighted by Gasteiger charge is -2.45. The van der Waals surface area contributed by atoms with Crippen molar-refractivity contribution in [3.05, 3.63) is 0 Å². The zero-order valence-corrected chi connectivity index (χ0v) is 11.0. The zero-order valence-electron chi connectivity index (χ0n) is 11.0. The van der Waals surface area contributed by atoms with Gasteiger partial charge in [0.2, 0.25) is 0 Å². The van der Waals surface area contributed by atoms with Crippen molar-refractivity contribution in [2.45, 2.75) is 57.5 Å². The lowest BCUT2D eigenvalue weighted by molar-refractivity contribution is -0.167. The number of hydrogen-bond donors (Lipinski definition) is 1. The summed E-state index contributed by atoms with van der Waals surface area (Å²) in [6, 6.07) is 0.471. The highest BCUT2D eigenvalue weighted by molar-refractivity contribution is 4.97. The SMILES string of the molecule is CCCOC1C(NCC)CC1OC1CCOC1. The van der Waals surface area contributed by atoms with Crippen LogP contribution in [0.1, 0.15) is 33.1 Å². The summed E-state index contributed by atoms with van der Waals surface area (Å²) in [6.07, 6.45) is 3.94. The zero-order chi connectivity index (χ0) is 12.1. The lowest BCUT2D eigenvalue weighted by atomic mass is 9.85. The van der Waals surface area contributed by atoms with Crippen molar-refractivity contribution in [3.63, 3.8) is 0 Å². The van der Waals surface area contributed by atoms with Gasteiger partial charge in [0.1, 0.15) is 0 Å². The Balaban J connectivity index is 1.76. The molecule has 1 N–H and O–H groups in total. The number of hydrogen-bond acceptors (Lipinski definition) is 4. The monoisotopic (exact) mass is 243 g/mol. The van der Waals surface area contributed by atoms with Gasteiger partial charge in [-0.1, -0.05) is 13.8 Å². The van der Waals surface area contributed by atoms with Gasteiger partial charge in [-0.25, -0.2) is 0 Å². The molecule has 2 aliphatic rings. The minimum Gasteiger partial charge on any atom is -0.379 e. The molecule has 0 aromatic heterocycles. The first kappa shape index (κ1) is 13.3. The molecule has 1 saturated carbocycles. The standard InChI is InChI=1S/C13H25NO3/c1-3-6-16-13-11(14-4-2)8-12(13)17-10-5-7-15-9-10/h10-14H,3-9H2,1-2H3. The Kier molecular flexibility index (Phi) is 5.22. The third-order valence-electron chi connectivity index (χ3n) is 3.49. The van der Waals surface area contributed by atoms with Crippen LogP contribution in [0.15, 0.2) is 0 Å². The molecule has 1 aliphatic carbocycles. The molecule has 1 aliphatic heterocycles. The quantitative estimate of drug-likeness (QED) is 0.732. The molecule has 1 saturated heterocycles. The highest BCUT2D eigenvalue weighted by Crippen LogP contribution is 2.30. The first-order valence-electron chi connectivity index (χ1n) is 6.93. The molecule has 4 heteroatoms. The van der Waals surface area contributed by atoms with Crippen LogP contribution in [0.5, 0.6) is 0 Å². The van der Waals surface area contributed by atoms with Crippen LogP contribution in [0.25, 0.3) is 0 Å². The van der Waals surface area contributed by atoms with E-state index in [9.17, 15) is 0 Å². The summed E-state index contributed by atoms with van der Waals surface area (Å²) in [4.78, 5) is 0. The highest BCUT2D eigenvalue weighted by atomic mass is 16.6. The fourth-order valence-electron chi connectivity index (χ4n) is 2.52. The maximum Gasteiger partial charge on any atom is 0.0990 e. The van der Waals surface area contributed by atoms with Gasteiger partial charge in [0.15, 0.2) is 0 Å². The van der Waals surface area contributed by atoms with Crippen LogP contribution in [0.2, 0.25) is 0 Å². The summed E-state index contributed by atoms with van der Waals surface area (Å²) in [5.41, 5.74) is 0. The van der Waals surface area contributed by atoms with Crippen LogP contribution < -0.4 is 5.32 Å². The maximum absolute atomic E-state index is 6.04. The Labute approximate surface area is 104 Å². The van der Waals surface area contributed by atoms with Gasteiger partial charge < -0.3 is 19.5 Å². The topological polar surface area (TPSA) is 39.7 Å². The number of rotatable bonds is 7. The minimum absolute atomic E-state index is 0.232. The van der Waals surface area contributed by atoms with Gasteiger partial charge in [-0.15, -0.1) is 0 Å². The molecule has 4 atom stereocenters. The van der Waals surface area contributed by atoms with Gasteiger partial charge >= 0.3 is 0 Å². The Morgan fingerprint density at radius 3 is 2.88 bits per heavy atom.